The second-order valence-electron chi connectivity index (χ2n) is 23.6. The first-order chi connectivity index (χ1) is 44.1. The summed E-state index contributed by atoms with van der Waals surface area (Å²) in [7, 11) is 1.48. The molecule has 0 saturated carbocycles. The van der Waals surface area contributed by atoms with Gasteiger partial charge in [0.25, 0.3) is 5.91 Å². The van der Waals surface area contributed by atoms with Crippen LogP contribution in [0.1, 0.15) is 83.4 Å². The van der Waals surface area contributed by atoms with Crippen molar-refractivity contribution in [3.63, 3.8) is 0 Å². The number of guanidine groups is 1. The number of H-pyrrole nitrogens is 1. The standard InChI is InChI=1S/C62H89N17O14/c1-33(2)25-44(55(87)71-42(17-12-23-67-61(65)66-6)54(86)72-43(53(64)85)28-38-31-68-41-16-11-10-15-40(38)41)75-62(93)78-77-57(89)45(26-36-13-8-7-9-14-36)73-58(90)51(35(5)80)76-56(88)46(29-49(63)83)74-59(91)52-48(82)22-24-79(52)60(92)47(27-37-18-20-39(81)21-19-37)69-32-50(84)70-30-34(3)4/h7-11,13-16,18-21,31,33-35,42-48,51-52,68-69,80-82H,12,17,22-30,32H2,1-6H3,(H2,63,83)(H2,64,85)(H,70,84)(H,71,87)(H,72,86)(H,73,90)(H,74,91)(H,76,88)(H,77,89)(H3,65,66,67)(H2,75,78,93)/t35-,42+,43+,44+,45+,46+,47-,48?,51+,52+/m1/s1. The van der Waals surface area contributed by atoms with E-state index in [-0.39, 0.29) is 88.1 Å². The van der Waals surface area contributed by atoms with Gasteiger partial charge < -0.3 is 84.9 Å². The number of hydrogen-bond donors (Lipinski definition) is 18. The van der Waals surface area contributed by atoms with Gasteiger partial charge in [0.2, 0.25) is 53.2 Å². The highest BCUT2D eigenvalue weighted by atomic mass is 16.3. The van der Waals surface area contributed by atoms with Crippen LogP contribution < -0.4 is 75.9 Å². The molecule has 1 aliphatic heterocycles. The summed E-state index contributed by atoms with van der Waals surface area (Å²) in [5.74, 6) is -9.20. The Morgan fingerprint density at radius 2 is 1.28 bits per heavy atom. The first-order valence-corrected chi connectivity index (χ1v) is 30.6. The lowest BCUT2D eigenvalue weighted by Crippen LogP contribution is -2.63. The van der Waals surface area contributed by atoms with Crippen LogP contribution in [0.25, 0.3) is 10.9 Å². The van der Waals surface area contributed by atoms with E-state index < -0.39 is 132 Å². The molecule has 1 unspecified atom stereocenters. The van der Waals surface area contributed by atoms with Gasteiger partial charge in [-0.2, -0.15) is 0 Å². The number of aromatic nitrogens is 1. The van der Waals surface area contributed by atoms with E-state index in [1.54, 1.807) is 62.5 Å². The number of amides is 12. The molecular formula is C62H89N17O14. The quantitative estimate of drug-likeness (QED) is 0.00949. The molecule has 1 aliphatic rings. The smallest absolute Gasteiger partial charge is 0.334 e. The summed E-state index contributed by atoms with van der Waals surface area (Å²) in [5, 5.41) is 56.3. The van der Waals surface area contributed by atoms with E-state index in [0.29, 0.717) is 23.2 Å². The van der Waals surface area contributed by atoms with Gasteiger partial charge >= 0.3 is 6.03 Å². The molecule has 1 aromatic heterocycles. The number of carbonyl (C=O) groups is 11. The Labute approximate surface area is 538 Å². The third kappa shape index (κ3) is 23.7. The average Bonchev–Trinajstić information content (AvgIpc) is 1.72. The number of aliphatic imine (C=N–C) groups is 1. The fourth-order valence-electron chi connectivity index (χ4n) is 10.2. The Hall–Kier alpha value is -9.88. The summed E-state index contributed by atoms with van der Waals surface area (Å²) in [5.41, 5.74) is 24.1. The number of phenolic OH excluding ortho intramolecular Hbond substituents is 1. The first kappa shape index (κ1) is 73.9. The maximum atomic E-state index is 14.3. The number of aliphatic hydroxyl groups excluding tert-OH is 2. The number of nitrogens with one attached hydrogen (secondary N) is 12. The number of nitrogens with two attached hydrogens (primary N) is 3. The zero-order valence-electron chi connectivity index (χ0n) is 53.0. The van der Waals surface area contributed by atoms with Gasteiger partial charge in [0, 0.05) is 56.6 Å². The second kappa shape index (κ2) is 36.2. The molecular weight excluding hydrogens is 1210 g/mol. The Kier molecular flexibility index (Phi) is 28.8. The number of primary amides is 2. The summed E-state index contributed by atoms with van der Waals surface area (Å²) >= 11 is 0. The van der Waals surface area contributed by atoms with Crippen LogP contribution in [-0.2, 0) is 67.2 Å². The molecule has 1 fully saturated rings. The number of aromatic hydroxyl groups is 1. The Morgan fingerprint density at radius 1 is 0.656 bits per heavy atom. The number of hydrazine groups is 1. The third-order valence-corrected chi connectivity index (χ3v) is 15.1. The van der Waals surface area contributed by atoms with Crippen LogP contribution in [0.2, 0.25) is 0 Å². The number of aliphatic hydroxyl groups is 2. The van der Waals surface area contributed by atoms with Crippen molar-refractivity contribution in [2.75, 3.05) is 33.2 Å². The van der Waals surface area contributed by atoms with Gasteiger partial charge in [0.15, 0.2) is 5.96 Å². The molecule has 3 aromatic carbocycles. The van der Waals surface area contributed by atoms with Crippen molar-refractivity contribution < 1.29 is 68.1 Å². The number of carbonyl (C=O) groups excluding carboxylic acids is 11. The lowest BCUT2D eigenvalue weighted by Gasteiger charge is -2.31. The number of para-hydroxylation sites is 1. The number of urea groups is 1. The molecule has 0 spiro atoms. The number of rotatable bonds is 34. The average molecular weight is 1300 g/mol. The van der Waals surface area contributed by atoms with Crippen molar-refractivity contribution in [1.29, 1.82) is 0 Å². The summed E-state index contributed by atoms with van der Waals surface area (Å²) in [6, 6.07) is 8.42. The maximum absolute atomic E-state index is 14.3. The van der Waals surface area contributed by atoms with Gasteiger partial charge in [-0.3, -0.25) is 63.7 Å². The first-order valence-electron chi connectivity index (χ1n) is 30.6. The number of benzene rings is 3. The van der Waals surface area contributed by atoms with Crippen LogP contribution in [0.3, 0.4) is 0 Å². The number of likely N-dealkylation sites (tertiary alicyclic amines) is 1. The largest absolute Gasteiger partial charge is 0.508 e. The Bertz CT molecular complexity index is 3250. The molecule has 0 aliphatic carbocycles. The summed E-state index contributed by atoms with van der Waals surface area (Å²) in [6.07, 6.45) is -2.46. The van der Waals surface area contributed by atoms with Crippen LogP contribution in [0.5, 0.6) is 5.75 Å². The molecule has 0 radical (unpaired) electrons. The van der Waals surface area contributed by atoms with E-state index >= 15 is 0 Å². The predicted octanol–water partition coefficient (Wildman–Crippen LogP) is -3.18. The molecule has 21 N–H and O–H groups in total. The number of phenols is 1. The molecule has 93 heavy (non-hydrogen) atoms. The molecule has 0 bridgehead atoms. The highest BCUT2D eigenvalue weighted by Gasteiger charge is 2.45. The van der Waals surface area contributed by atoms with Gasteiger partial charge in [-0.1, -0.05) is 88.4 Å². The zero-order chi connectivity index (χ0) is 68.5. The van der Waals surface area contributed by atoms with Crippen molar-refractivity contribution in [2.24, 2.45) is 34.0 Å². The minimum Gasteiger partial charge on any atom is -0.508 e. The van der Waals surface area contributed by atoms with E-state index in [4.69, 9.17) is 17.2 Å². The fraction of sp³-hybridized carbons (Fsp3) is 0.484. The molecule has 10 atom stereocenters. The van der Waals surface area contributed by atoms with Crippen LogP contribution >= 0.6 is 0 Å². The van der Waals surface area contributed by atoms with Crippen molar-refractivity contribution in [3.05, 3.63) is 102 Å². The molecule has 506 valence electrons. The van der Waals surface area contributed by atoms with E-state index in [1.807, 2.05) is 38.1 Å². The Morgan fingerprint density at radius 3 is 1.92 bits per heavy atom. The molecule has 2 heterocycles. The highest BCUT2D eigenvalue weighted by molar-refractivity contribution is 5.99. The van der Waals surface area contributed by atoms with Crippen LogP contribution in [0, 0.1) is 11.8 Å². The molecule has 31 heteroatoms. The van der Waals surface area contributed by atoms with Crippen LogP contribution in [0.4, 0.5) is 4.79 Å². The van der Waals surface area contributed by atoms with E-state index in [0.717, 1.165) is 22.7 Å². The molecule has 31 nitrogen and oxygen atoms in total. The number of aromatic amines is 1. The van der Waals surface area contributed by atoms with Gasteiger partial charge in [-0.25, -0.2) is 10.2 Å². The summed E-state index contributed by atoms with van der Waals surface area (Å²) in [6.45, 7) is 8.59. The number of nitrogens with zero attached hydrogens (tertiary/aromatic N) is 2. The summed E-state index contributed by atoms with van der Waals surface area (Å²) < 4.78 is 0. The minimum absolute atomic E-state index is 0.0105. The van der Waals surface area contributed by atoms with Gasteiger partial charge in [-0.15, -0.1) is 0 Å². The number of fused-ring (bicyclic) bond motifs is 1. The molecule has 5 rings (SSSR count). The van der Waals surface area contributed by atoms with Crippen molar-refractivity contribution in [1.82, 2.24) is 68.6 Å². The SMILES string of the molecule is CN=C(N)NCCC[C@H](NC(=O)[C@H](CC(C)C)NC(=O)NNC(=O)[C@H](Cc1ccccc1)NC(=O)[C@@H](NC(=O)[C@H](CC(N)=O)NC(=O)[C@@H]1C(O)CCN1C(=O)[C@@H](Cc1ccc(O)cc1)NCC(=O)NCC(C)C)[C@@H](C)O)C(=O)N[C@@H](Cc1c[nH]c2ccccc12)C(N)=O. The predicted molar refractivity (Wildman–Crippen MR) is 342 cm³/mol. The molecule has 1 saturated heterocycles. The van der Waals surface area contributed by atoms with Crippen molar-refractivity contribution in [3.8, 4) is 5.75 Å². The lowest BCUT2D eigenvalue weighted by molar-refractivity contribution is -0.143. The minimum atomic E-state index is -1.91. The van der Waals surface area contributed by atoms with Crippen molar-refractivity contribution in [2.45, 2.75) is 147 Å². The maximum Gasteiger partial charge on any atom is 0.334 e. The van der Waals surface area contributed by atoms with E-state index in [2.05, 4.69) is 68.7 Å². The Balaban J connectivity index is 1.28. The van der Waals surface area contributed by atoms with Gasteiger partial charge in [-0.05, 0) is 85.8 Å². The van der Waals surface area contributed by atoms with Gasteiger partial charge in [0.1, 0.15) is 48.0 Å². The fourth-order valence-corrected chi connectivity index (χ4v) is 10.2. The molecule has 12 amide bonds. The topological polar surface area (TPSA) is 490 Å². The molecule has 4 aromatic rings. The van der Waals surface area contributed by atoms with E-state index in [1.165, 1.54) is 19.2 Å². The monoisotopic (exact) mass is 1300 g/mol. The zero-order valence-corrected chi connectivity index (χ0v) is 53.0. The van der Waals surface area contributed by atoms with Crippen LogP contribution in [-0.4, -0.2) is 190 Å². The van der Waals surface area contributed by atoms with E-state index in [9.17, 15) is 68.1 Å². The second-order valence-corrected chi connectivity index (χ2v) is 23.6. The summed E-state index contributed by atoms with van der Waals surface area (Å²) in [4.78, 5) is 159. The van der Waals surface area contributed by atoms with Crippen molar-refractivity contribution >= 4 is 82.0 Å². The normalized spacial score (nSPS) is 16.5. The number of hydrogen-bond acceptors (Lipinski definition) is 16. The van der Waals surface area contributed by atoms with Gasteiger partial charge in [0.05, 0.1) is 31.2 Å². The lowest BCUT2D eigenvalue weighted by atomic mass is 10.0. The van der Waals surface area contributed by atoms with Crippen LogP contribution in [0.15, 0.2) is 90.1 Å². The highest BCUT2D eigenvalue weighted by Crippen LogP contribution is 2.23. The third-order valence-electron chi connectivity index (χ3n) is 15.1.